The van der Waals surface area contributed by atoms with Gasteiger partial charge in [-0.25, -0.2) is 0 Å². The molecular weight excluding hydrogens is 168 g/mol. The highest BCUT2D eigenvalue weighted by Gasteiger charge is 1.95. The molecule has 0 spiro atoms. The maximum atomic E-state index is 2.24. The van der Waals surface area contributed by atoms with E-state index in [9.17, 15) is 0 Å². The monoisotopic (exact) mass is 182 g/mol. The van der Waals surface area contributed by atoms with E-state index in [1.165, 1.54) is 21.5 Å². The smallest absolute Gasteiger partial charge is 0 e. The Bertz CT molecular complexity index is 497. The van der Waals surface area contributed by atoms with E-state index < -0.39 is 0 Å². The molecule has 0 radical (unpaired) electrons. The first kappa shape index (κ1) is 7.57. The molecule has 0 unspecified atom stereocenters. The van der Waals surface area contributed by atoms with Gasteiger partial charge in [0.25, 0.3) is 0 Å². The van der Waals surface area contributed by atoms with Crippen LogP contribution in [0, 0.1) is 0 Å². The van der Waals surface area contributed by atoms with Crippen LogP contribution in [0.5, 0.6) is 0 Å². The van der Waals surface area contributed by atoms with Crippen LogP contribution < -0.4 is 0 Å². The predicted molar refractivity (Wildman–Crippen MR) is 65.7 cm³/mol. The van der Waals surface area contributed by atoms with Crippen molar-refractivity contribution in [3.63, 3.8) is 0 Å². The molecule has 0 heteroatoms. The molecule has 0 saturated heterocycles. The third-order valence-corrected chi connectivity index (χ3v) is 2.61. The van der Waals surface area contributed by atoms with Crippen LogP contribution in [-0.2, 0) is 0 Å². The maximum absolute atomic E-state index is 2.24. The molecule has 3 aromatic rings. The third kappa shape index (κ3) is 1.08. The highest BCUT2D eigenvalue weighted by Crippen LogP contribution is 2.21. The second-order valence-corrected chi connectivity index (χ2v) is 3.55. The second-order valence-electron chi connectivity index (χ2n) is 3.55. The van der Waals surface area contributed by atoms with Crippen LogP contribution >= 0.6 is 0 Å². The van der Waals surface area contributed by atoms with E-state index in [1.807, 2.05) is 0 Å². The van der Waals surface area contributed by atoms with Gasteiger partial charge in [-0.3, -0.25) is 0 Å². The van der Waals surface area contributed by atoms with Crippen molar-refractivity contribution in [2.45, 2.75) is 0 Å². The summed E-state index contributed by atoms with van der Waals surface area (Å²) in [5.74, 6) is 0. The Hall–Kier alpha value is -1.82. The van der Waals surface area contributed by atoms with Crippen LogP contribution in [0.2, 0.25) is 0 Å². The maximum Gasteiger partial charge on any atom is 0 e. The predicted octanol–water partition coefficient (Wildman–Crippen LogP) is 4.49. The van der Waals surface area contributed by atoms with Crippen molar-refractivity contribution >= 4 is 21.5 Å². The quantitative estimate of drug-likeness (QED) is 0.449. The van der Waals surface area contributed by atoms with Crippen molar-refractivity contribution in [3.8, 4) is 0 Å². The molecular formula is C14H14. The summed E-state index contributed by atoms with van der Waals surface area (Å²) in [4.78, 5) is 0. The highest BCUT2D eigenvalue weighted by molar-refractivity contribution is 5.97. The first-order valence-corrected chi connectivity index (χ1v) is 4.81. The van der Waals surface area contributed by atoms with Gasteiger partial charge < -0.3 is 0 Å². The van der Waals surface area contributed by atoms with E-state index in [4.69, 9.17) is 0 Å². The number of fused-ring (bicyclic) bond motifs is 2. The number of hydrogen-bond donors (Lipinski definition) is 0. The molecule has 0 fully saturated rings. The van der Waals surface area contributed by atoms with Crippen LogP contribution in [0.15, 0.2) is 60.7 Å². The molecule has 0 amide bonds. The molecule has 0 atom stereocenters. The van der Waals surface area contributed by atoms with E-state index in [1.54, 1.807) is 0 Å². The summed E-state index contributed by atoms with van der Waals surface area (Å²) in [5, 5.41) is 5.25. The van der Waals surface area contributed by atoms with Gasteiger partial charge in [-0.05, 0) is 33.7 Å². The Balaban J connectivity index is 0.000000640. The van der Waals surface area contributed by atoms with Gasteiger partial charge in [-0.1, -0.05) is 48.5 Å². The molecule has 0 heterocycles. The van der Waals surface area contributed by atoms with E-state index in [-0.39, 0.29) is 2.85 Å². The molecule has 0 saturated carbocycles. The van der Waals surface area contributed by atoms with Crippen molar-refractivity contribution in [2.24, 2.45) is 0 Å². The summed E-state index contributed by atoms with van der Waals surface area (Å²) in [6, 6.07) is 21.4. The van der Waals surface area contributed by atoms with Gasteiger partial charge in [0.05, 0.1) is 0 Å². The lowest BCUT2D eigenvalue weighted by Gasteiger charge is -2.00. The van der Waals surface area contributed by atoms with Crippen molar-refractivity contribution in [1.82, 2.24) is 0 Å². The Morgan fingerprint density at radius 3 is 1.07 bits per heavy atom. The lowest BCUT2D eigenvalue weighted by Crippen LogP contribution is -1.74. The minimum absolute atomic E-state index is 0. The molecule has 14 heavy (non-hydrogen) atoms. The molecule has 0 N–H and O–H groups in total. The van der Waals surface area contributed by atoms with Crippen molar-refractivity contribution in [1.29, 1.82) is 0 Å². The number of benzene rings is 3. The van der Waals surface area contributed by atoms with Crippen molar-refractivity contribution in [3.05, 3.63) is 60.7 Å². The first-order chi connectivity index (χ1) is 6.93. The summed E-state index contributed by atoms with van der Waals surface area (Å²) < 4.78 is 0. The first-order valence-electron chi connectivity index (χ1n) is 4.81. The topological polar surface area (TPSA) is 0 Å². The minimum atomic E-state index is 0. The van der Waals surface area contributed by atoms with Gasteiger partial charge in [0.2, 0.25) is 0 Å². The SMILES string of the molecule is [HH].[HH].c1ccc2cc3ccccc3cc2c1. The molecule has 0 aromatic heterocycles. The molecule has 3 rings (SSSR count). The van der Waals surface area contributed by atoms with E-state index >= 15 is 0 Å². The molecule has 3 aromatic carbocycles. The Labute approximate surface area is 85.8 Å². The Morgan fingerprint density at radius 2 is 0.786 bits per heavy atom. The van der Waals surface area contributed by atoms with Crippen LogP contribution in [0.3, 0.4) is 0 Å². The van der Waals surface area contributed by atoms with Gasteiger partial charge in [-0.2, -0.15) is 0 Å². The van der Waals surface area contributed by atoms with Crippen LogP contribution in [0.25, 0.3) is 21.5 Å². The summed E-state index contributed by atoms with van der Waals surface area (Å²) in [5.41, 5.74) is 0. The standard InChI is InChI=1S/C14H10.2H2/c1-2-6-12-10-14-8-4-3-7-13(14)9-11(12)5-1;;/h1-10H;2*1H. The Morgan fingerprint density at radius 1 is 0.500 bits per heavy atom. The van der Waals surface area contributed by atoms with Gasteiger partial charge >= 0.3 is 0 Å². The normalized spacial score (nSPS) is 10.9. The van der Waals surface area contributed by atoms with E-state index in [0.29, 0.717) is 0 Å². The zero-order valence-electron chi connectivity index (χ0n) is 7.77. The van der Waals surface area contributed by atoms with Crippen LogP contribution in [0.4, 0.5) is 0 Å². The lowest BCUT2D eigenvalue weighted by atomic mass is 10.0. The van der Waals surface area contributed by atoms with Gasteiger partial charge in [0, 0.05) is 2.85 Å². The fraction of sp³-hybridized carbons (Fsp3) is 0. The van der Waals surface area contributed by atoms with Gasteiger partial charge in [0.1, 0.15) is 0 Å². The fourth-order valence-corrected chi connectivity index (χ4v) is 1.88. The van der Waals surface area contributed by atoms with Gasteiger partial charge in [0.15, 0.2) is 0 Å². The summed E-state index contributed by atoms with van der Waals surface area (Å²) in [7, 11) is 0. The average Bonchev–Trinajstić information content (AvgIpc) is 2.26. The minimum Gasteiger partial charge on any atom is -0.0616 e. The van der Waals surface area contributed by atoms with E-state index in [0.717, 1.165) is 0 Å². The zero-order chi connectivity index (χ0) is 9.38. The van der Waals surface area contributed by atoms with Crippen molar-refractivity contribution in [2.75, 3.05) is 0 Å². The molecule has 0 aliphatic heterocycles. The molecule has 0 aliphatic carbocycles. The van der Waals surface area contributed by atoms with E-state index in [2.05, 4.69) is 60.7 Å². The second kappa shape index (κ2) is 2.85. The Kier molecular flexibility index (Phi) is 1.54. The number of hydrogen-bond acceptors (Lipinski definition) is 0. The highest BCUT2D eigenvalue weighted by atomic mass is 14.0. The molecule has 0 bridgehead atoms. The molecule has 70 valence electrons. The largest absolute Gasteiger partial charge is 0.0616 e. The van der Waals surface area contributed by atoms with Crippen LogP contribution in [0.1, 0.15) is 2.85 Å². The zero-order valence-corrected chi connectivity index (χ0v) is 7.77. The average molecular weight is 182 g/mol. The summed E-state index contributed by atoms with van der Waals surface area (Å²) in [6.07, 6.45) is 0. The van der Waals surface area contributed by atoms with Crippen LogP contribution in [-0.4, -0.2) is 0 Å². The van der Waals surface area contributed by atoms with Gasteiger partial charge in [-0.15, -0.1) is 0 Å². The lowest BCUT2D eigenvalue weighted by molar-refractivity contribution is 1.76. The molecule has 0 nitrogen and oxygen atoms in total. The summed E-state index contributed by atoms with van der Waals surface area (Å²) in [6.45, 7) is 0. The van der Waals surface area contributed by atoms with Crippen molar-refractivity contribution < 1.29 is 2.85 Å². The third-order valence-electron chi connectivity index (χ3n) is 2.61. The summed E-state index contributed by atoms with van der Waals surface area (Å²) >= 11 is 0. The fourth-order valence-electron chi connectivity index (χ4n) is 1.88. The molecule has 0 aliphatic rings. The number of rotatable bonds is 0.